The van der Waals surface area contributed by atoms with E-state index >= 15 is 0 Å². The van der Waals surface area contributed by atoms with Gasteiger partial charge in [-0.15, -0.1) is 11.8 Å². The number of ketones is 2. The standard InChI is InChI=1S/C24H17NO5S/c1-14-6-12-17(13-7-14)31-24(15-8-10-16(11-9-15)25(29)30)20-21(26)18-4-2-3-5-19(18)22(27)23(20)28/h2-13,24,26H,1H3. The Hall–Kier alpha value is -3.71. The maximum Gasteiger partial charge on any atom is 0.269 e. The monoisotopic (exact) mass is 431 g/mol. The molecule has 1 N–H and O–H groups in total. The molecule has 1 unspecified atom stereocenters. The Bertz CT molecular complexity index is 1230. The third-order valence-corrected chi connectivity index (χ3v) is 6.36. The zero-order valence-electron chi connectivity index (χ0n) is 16.4. The van der Waals surface area contributed by atoms with Gasteiger partial charge < -0.3 is 5.11 Å². The summed E-state index contributed by atoms with van der Waals surface area (Å²) in [5.41, 5.74) is 1.99. The van der Waals surface area contributed by atoms with E-state index in [9.17, 15) is 24.8 Å². The van der Waals surface area contributed by atoms with Crippen LogP contribution in [0.2, 0.25) is 0 Å². The van der Waals surface area contributed by atoms with Crippen molar-refractivity contribution in [1.82, 2.24) is 0 Å². The first-order valence-electron chi connectivity index (χ1n) is 9.46. The van der Waals surface area contributed by atoms with Gasteiger partial charge in [0.2, 0.25) is 11.6 Å². The van der Waals surface area contributed by atoms with Crippen molar-refractivity contribution in [3.8, 4) is 0 Å². The van der Waals surface area contributed by atoms with Crippen molar-refractivity contribution in [3.05, 3.63) is 111 Å². The predicted octanol–water partition coefficient (Wildman–Crippen LogP) is 5.47. The molecule has 4 rings (SSSR count). The molecule has 0 aromatic heterocycles. The summed E-state index contributed by atoms with van der Waals surface area (Å²) in [4.78, 5) is 37.2. The van der Waals surface area contributed by atoms with Crippen molar-refractivity contribution in [2.45, 2.75) is 17.1 Å². The molecule has 0 fully saturated rings. The highest BCUT2D eigenvalue weighted by Gasteiger charge is 2.38. The van der Waals surface area contributed by atoms with Crippen LogP contribution in [-0.2, 0) is 4.79 Å². The molecule has 31 heavy (non-hydrogen) atoms. The Morgan fingerprint density at radius 3 is 2.10 bits per heavy atom. The second-order valence-electron chi connectivity index (χ2n) is 7.13. The third kappa shape index (κ3) is 3.87. The van der Waals surface area contributed by atoms with Crippen LogP contribution in [0, 0.1) is 17.0 Å². The van der Waals surface area contributed by atoms with Gasteiger partial charge in [-0.3, -0.25) is 19.7 Å². The number of fused-ring (bicyclic) bond motifs is 1. The van der Waals surface area contributed by atoms with E-state index in [0.717, 1.165) is 10.5 Å². The second-order valence-corrected chi connectivity index (χ2v) is 8.30. The molecule has 0 saturated heterocycles. The molecule has 154 valence electrons. The Labute approximate surface area is 182 Å². The number of aliphatic hydroxyl groups is 1. The van der Waals surface area contributed by atoms with Crippen LogP contribution in [0.1, 0.15) is 32.3 Å². The van der Waals surface area contributed by atoms with E-state index in [4.69, 9.17) is 0 Å². The lowest BCUT2D eigenvalue weighted by Crippen LogP contribution is -2.26. The average Bonchev–Trinajstić information content (AvgIpc) is 2.78. The minimum absolute atomic E-state index is 0.0249. The number of non-ortho nitro benzene ring substituents is 1. The van der Waals surface area contributed by atoms with Crippen molar-refractivity contribution in [2.24, 2.45) is 0 Å². The fourth-order valence-corrected chi connectivity index (χ4v) is 4.64. The summed E-state index contributed by atoms with van der Waals surface area (Å²) >= 11 is 1.29. The van der Waals surface area contributed by atoms with Gasteiger partial charge in [0, 0.05) is 28.2 Å². The Kier molecular flexibility index (Phi) is 5.44. The number of nitro benzene ring substituents is 1. The molecule has 0 saturated carbocycles. The van der Waals surface area contributed by atoms with Crippen molar-refractivity contribution in [3.63, 3.8) is 0 Å². The summed E-state index contributed by atoms with van der Waals surface area (Å²) in [6.07, 6.45) is 0. The number of benzene rings is 3. The Balaban J connectivity index is 1.87. The van der Waals surface area contributed by atoms with Crippen LogP contribution in [-0.4, -0.2) is 21.6 Å². The lowest BCUT2D eigenvalue weighted by molar-refractivity contribution is -0.384. The van der Waals surface area contributed by atoms with Gasteiger partial charge in [0.05, 0.1) is 15.7 Å². The SMILES string of the molecule is Cc1ccc(SC(C2=C(O)c3ccccc3C(=O)C2=O)c2ccc([N+](=O)[O-])cc2)cc1. The van der Waals surface area contributed by atoms with Gasteiger partial charge in [-0.25, -0.2) is 0 Å². The zero-order valence-corrected chi connectivity index (χ0v) is 17.3. The van der Waals surface area contributed by atoms with Gasteiger partial charge in [-0.05, 0) is 24.6 Å². The number of aryl methyl sites for hydroxylation is 1. The fourth-order valence-electron chi connectivity index (χ4n) is 3.45. The maximum atomic E-state index is 13.0. The highest BCUT2D eigenvalue weighted by atomic mass is 32.2. The largest absolute Gasteiger partial charge is 0.507 e. The highest BCUT2D eigenvalue weighted by molar-refractivity contribution is 7.99. The van der Waals surface area contributed by atoms with E-state index in [-0.39, 0.29) is 22.6 Å². The maximum absolute atomic E-state index is 13.0. The number of aliphatic hydroxyl groups excluding tert-OH is 1. The summed E-state index contributed by atoms with van der Waals surface area (Å²) in [7, 11) is 0. The number of hydrogen-bond acceptors (Lipinski definition) is 6. The molecular weight excluding hydrogens is 414 g/mol. The van der Waals surface area contributed by atoms with E-state index in [1.807, 2.05) is 31.2 Å². The normalized spacial score (nSPS) is 14.4. The molecule has 0 spiro atoms. The summed E-state index contributed by atoms with van der Waals surface area (Å²) in [5, 5.41) is 21.3. The van der Waals surface area contributed by atoms with Gasteiger partial charge in [-0.2, -0.15) is 0 Å². The summed E-state index contributed by atoms with van der Waals surface area (Å²) < 4.78 is 0. The second kappa shape index (κ2) is 8.20. The van der Waals surface area contributed by atoms with Gasteiger partial charge in [-0.1, -0.05) is 54.1 Å². The number of rotatable bonds is 5. The summed E-state index contributed by atoms with van der Waals surface area (Å²) in [5.74, 6) is -1.71. The lowest BCUT2D eigenvalue weighted by atomic mass is 9.85. The van der Waals surface area contributed by atoms with Gasteiger partial charge in [0.1, 0.15) is 5.76 Å². The first kappa shape index (κ1) is 20.6. The Morgan fingerprint density at radius 1 is 0.871 bits per heavy atom. The molecule has 1 atom stereocenters. The summed E-state index contributed by atoms with van der Waals surface area (Å²) in [6.45, 7) is 1.96. The number of nitro groups is 1. The van der Waals surface area contributed by atoms with Crippen LogP contribution in [0.15, 0.2) is 83.3 Å². The molecule has 0 amide bonds. The number of carbonyl (C=O) groups excluding carboxylic acids is 2. The molecule has 0 bridgehead atoms. The molecule has 3 aromatic rings. The molecule has 0 aliphatic heterocycles. The Morgan fingerprint density at radius 2 is 1.48 bits per heavy atom. The first-order valence-corrected chi connectivity index (χ1v) is 10.3. The number of nitrogens with zero attached hydrogens (tertiary/aromatic N) is 1. The van der Waals surface area contributed by atoms with E-state index in [1.165, 1.54) is 30.0 Å². The highest BCUT2D eigenvalue weighted by Crippen LogP contribution is 2.45. The molecule has 3 aromatic carbocycles. The molecule has 7 heteroatoms. The molecule has 0 heterocycles. The minimum Gasteiger partial charge on any atom is -0.507 e. The topological polar surface area (TPSA) is 97.5 Å². The minimum atomic E-state index is -0.779. The van der Waals surface area contributed by atoms with Crippen molar-refractivity contribution in [1.29, 1.82) is 0 Å². The lowest BCUT2D eigenvalue weighted by Gasteiger charge is -2.24. The molecule has 1 aliphatic rings. The van der Waals surface area contributed by atoms with Crippen LogP contribution in [0.4, 0.5) is 5.69 Å². The number of thioether (sulfide) groups is 1. The van der Waals surface area contributed by atoms with E-state index < -0.39 is 21.7 Å². The summed E-state index contributed by atoms with van der Waals surface area (Å²) in [6, 6.07) is 19.8. The van der Waals surface area contributed by atoms with Crippen LogP contribution >= 0.6 is 11.8 Å². The number of carbonyl (C=O) groups is 2. The quantitative estimate of drug-likeness (QED) is 0.249. The molecule has 1 aliphatic carbocycles. The van der Waals surface area contributed by atoms with Gasteiger partial charge in [0.15, 0.2) is 0 Å². The van der Waals surface area contributed by atoms with Crippen LogP contribution in [0.25, 0.3) is 5.76 Å². The molecule has 6 nitrogen and oxygen atoms in total. The fraction of sp³-hybridized carbons (Fsp3) is 0.0833. The van der Waals surface area contributed by atoms with Gasteiger partial charge >= 0.3 is 0 Å². The van der Waals surface area contributed by atoms with Crippen LogP contribution in [0.3, 0.4) is 0 Å². The predicted molar refractivity (Wildman–Crippen MR) is 118 cm³/mol. The van der Waals surface area contributed by atoms with Crippen LogP contribution in [0.5, 0.6) is 0 Å². The van der Waals surface area contributed by atoms with E-state index in [1.54, 1.807) is 30.3 Å². The van der Waals surface area contributed by atoms with Gasteiger partial charge in [0.25, 0.3) is 5.69 Å². The van der Waals surface area contributed by atoms with E-state index in [2.05, 4.69) is 0 Å². The number of Topliss-reactive ketones (excluding diaryl/α,β-unsaturated/α-hetero) is 2. The smallest absolute Gasteiger partial charge is 0.269 e. The molecule has 0 radical (unpaired) electrons. The van der Waals surface area contributed by atoms with Crippen LogP contribution < -0.4 is 0 Å². The third-order valence-electron chi connectivity index (χ3n) is 5.08. The van der Waals surface area contributed by atoms with Crippen molar-refractivity contribution >= 4 is 34.8 Å². The zero-order chi connectivity index (χ0) is 22.1. The van der Waals surface area contributed by atoms with Crippen molar-refractivity contribution < 1.29 is 19.6 Å². The molecular formula is C24H17NO5S. The average molecular weight is 431 g/mol. The van der Waals surface area contributed by atoms with Crippen molar-refractivity contribution in [2.75, 3.05) is 0 Å². The number of hydrogen-bond donors (Lipinski definition) is 1. The first-order chi connectivity index (χ1) is 14.9. The van der Waals surface area contributed by atoms with E-state index in [0.29, 0.717) is 11.1 Å².